The van der Waals surface area contributed by atoms with E-state index in [0.717, 1.165) is 5.76 Å². The second kappa shape index (κ2) is 6.67. The van der Waals surface area contributed by atoms with Gasteiger partial charge < -0.3 is 9.73 Å². The van der Waals surface area contributed by atoms with E-state index in [1.165, 1.54) is 25.7 Å². The Morgan fingerprint density at radius 2 is 2.20 bits per heavy atom. The predicted molar refractivity (Wildman–Crippen MR) is 63.9 cm³/mol. The lowest BCUT2D eigenvalue weighted by atomic mass is 10.1. The molecule has 1 N–H and O–H groups in total. The van der Waals surface area contributed by atoms with E-state index in [1.54, 1.807) is 6.26 Å². The fourth-order valence-electron chi connectivity index (χ4n) is 1.83. The minimum Gasteiger partial charge on any atom is -0.468 e. The highest BCUT2D eigenvalue weighted by atomic mass is 16.3. The topological polar surface area (TPSA) is 25.2 Å². The summed E-state index contributed by atoms with van der Waals surface area (Å²) >= 11 is 0. The van der Waals surface area contributed by atoms with Crippen LogP contribution in [0.1, 0.15) is 58.3 Å². The molecule has 86 valence electrons. The van der Waals surface area contributed by atoms with Crippen LogP contribution in [0.15, 0.2) is 22.8 Å². The maximum absolute atomic E-state index is 5.38. The molecular formula is C13H23NO. The van der Waals surface area contributed by atoms with E-state index in [1.807, 2.05) is 12.1 Å². The van der Waals surface area contributed by atoms with Crippen molar-refractivity contribution < 1.29 is 4.42 Å². The van der Waals surface area contributed by atoms with Crippen LogP contribution in [0.2, 0.25) is 0 Å². The molecule has 2 heteroatoms. The summed E-state index contributed by atoms with van der Waals surface area (Å²) in [6, 6.07) is 4.91. The Morgan fingerprint density at radius 1 is 1.40 bits per heavy atom. The monoisotopic (exact) mass is 209 g/mol. The third kappa shape index (κ3) is 4.08. The standard InChI is InChI=1S/C13H23NO/c1-4-6-8-12(5-2)14-11(3)13-9-7-10-15-13/h7,9-12,14H,4-6,8H2,1-3H3/t11-,12?/m1/s1. The van der Waals surface area contributed by atoms with Crippen LogP contribution in [-0.2, 0) is 0 Å². The summed E-state index contributed by atoms with van der Waals surface area (Å²) in [7, 11) is 0. The van der Waals surface area contributed by atoms with Crippen molar-refractivity contribution in [3.8, 4) is 0 Å². The second-order valence-electron chi connectivity index (χ2n) is 4.15. The molecule has 0 fully saturated rings. The first kappa shape index (κ1) is 12.3. The van der Waals surface area contributed by atoms with E-state index in [4.69, 9.17) is 4.42 Å². The molecule has 0 aromatic carbocycles. The maximum Gasteiger partial charge on any atom is 0.120 e. The average molecular weight is 209 g/mol. The molecule has 15 heavy (non-hydrogen) atoms. The van der Waals surface area contributed by atoms with Gasteiger partial charge in [-0.2, -0.15) is 0 Å². The zero-order valence-electron chi connectivity index (χ0n) is 10.1. The van der Waals surface area contributed by atoms with Crippen molar-refractivity contribution in [2.24, 2.45) is 0 Å². The van der Waals surface area contributed by atoms with Crippen LogP contribution in [0.5, 0.6) is 0 Å². The molecular weight excluding hydrogens is 186 g/mol. The number of rotatable bonds is 7. The number of nitrogens with one attached hydrogen (secondary N) is 1. The molecule has 1 aromatic rings. The molecule has 0 aliphatic rings. The Bertz CT molecular complexity index is 243. The zero-order chi connectivity index (χ0) is 11.1. The fourth-order valence-corrected chi connectivity index (χ4v) is 1.83. The second-order valence-corrected chi connectivity index (χ2v) is 4.15. The highest BCUT2D eigenvalue weighted by Gasteiger charge is 2.12. The number of furan rings is 1. The van der Waals surface area contributed by atoms with Gasteiger partial charge in [0.2, 0.25) is 0 Å². The molecule has 0 aliphatic carbocycles. The number of unbranched alkanes of at least 4 members (excludes halogenated alkanes) is 1. The Balaban J connectivity index is 2.37. The van der Waals surface area contributed by atoms with Crippen molar-refractivity contribution >= 4 is 0 Å². The van der Waals surface area contributed by atoms with E-state index < -0.39 is 0 Å². The summed E-state index contributed by atoms with van der Waals surface area (Å²) in [5.41, 5.74) is 0. The summed E-state index contributed by atoms with van der Waals surface area (Å²) in [4.78, 5) is 0. The molecule has 0 bridgehead atoms. The quantitative estimate of drug-likeness (QED) is 0.736. The smallest absolute Gasteiger partial charge is 0.120 e. The van der Waals surface area contributed by atoms with E-state index in [9.17, 15) is 0 Å². The van der Waals surface area contributed by atoms with Crippen LogP contribution in [0, 0.1) is 0 Å². The van der Waals surface area contributed by atoms with Crippen molar-refractivity contribution in [1.82, 2.24) is 5.32 Å². The van der Waals surface area contributed by atoms with Gasteiger partial charge in [-0.15, -0.1) is 0 Å². The van der Waals surface area contributed by atoms with Gasteiger partial charge in [0.05, 0.1) is 12.3 Å². The van der Waals surface area contributed by atoms with Crippen molar-refractivity contribution in [2.75, 3.05) is 0 Å². The summed E-state index contributed by atoms with van der Waals surface area (Å²) in [5.74, 6) is 1.03. The Kier molecular flexibility index (Phi) is 5.48. The molecule has 0 amide bonds. The SMILES string of the molecule is CCCCC(CC)N[C@H](C)c1ccco1. The lowest BCUT2D eigenvalue weighted by molar-refractivity contribution is 0.364. The fraction of sp³-hybridized carbons (Fsp3) is 0.692. The normalized spacial score (nSPS) is 15.1. The highest BCUT2D eigenvalue weighted by Crippen LogP contribution is 2.15. The molecule has 0 aliphatic heterocycles. The van der Waals surface area contributed by atoms with Crippen LogP contribution < -0.4 is 5.32 Å². The van der Waals surface area contributed by atoms with Gasteiger partial charge in [0.25, 0.3) is 0 Å². The first-order valence-electron chi connectivity index (χ1n) is 6.07. The first-order valence-corrected chi connectivity index (χ1v) is 6.07. The molecule has 1 rings (SSSR count). The Hall–Kier alpha value is -0.760. The van der Waals surface area contributed by atoms with Gasteiger partial charge in [-0.05, 0) is 31.9 Å². The van der Waals surface area contributed by atoms with E-state index in [0.29, 0.717) is 12.1 Å². The zero-order valence-corrected chi connectivity index (χ0v) is 10.1. The lowest BCUT2D eigenvalue weighted by Gasteiger charge is -2.20. The minimum absolute atomic E-state index is 0.321. The maximum atomic E-state index is 5.38. The van der Waals surface area contributed by atoms with Gasteiger partial charge in [0.1, 0.15) is 5.76 Å². The summed E-state index contributed by atoms with van der Waals surface area (Å²) in [6.45, 7) is 6.64. The van der Waals surface area contributed by atoms with E-state index >= 15 is 0 Å². The molecule has 1 heterocycles. The molecule has 0 spiro atoms. The molecule has 2 nitrogen and oxygen atoms in total. The Labute approximate surface area is 93.1 Å². The highest BCUT2D eigenvalue weighted by molar-refractivity contribution is 5.03. The van der Waals surface area contributed by atoms with Gasteiger partial charge in [-0.3, -0.25) is 0 Å². The number of hydrogen-bond donors (Lipinski definition) is 1. The van der Waals surface area contributed by atoms with Gasteiger partial charge in [-0.1, -0.05) is 26.7 Å². The largest absolute Gasteiger partial charge is 0.468 e. The van der Waals surface area contributed by atoms with Crippen molar-refractivity contribution in [1.29, 1.82) is 0 Å². The van der Waals surface area contributed by atoms with Gasteiger partial charge >= 0.3 is 0 Å². The van der Waals surface area contributed by atoms with Gasteiger partial charge in [0.15, 0.2) is 0 Å². The van der Waals surface area contributed by atoms with Crippen LogP contribution in [0.4, 0.5) is 0 Å². The van der Waals surface area contributed by atoms with E-state index in [2.05, 4.69) is 26.1 Å². The summed E-state index contributed by atoms with van der Waals surface area (Å²) < 4.78 is 5.38. The summed E-state index contributed by atoms with van der Waals surface area (Å²) in [6.07, 6.45) is 6.76. The van der Waals surface area contributed by atoms with Gasteiger partial charge in [0, 0.05) is 6.04 Å². The van der Waals surface area contributed by atoms with Crippen molar-refractivity contribution in [3.63, 3.8) is 0 Å². The summed E-state index contributed by atoms with van der Waals surface area (Å²) in [5, 5.41) is 3.61. The minimum atomic E-state index is 0.321. The van der Waals surface area contributed by atoms with Crippen LogP contribution in [-0.4, -0.2) is 6.04 Å². The third-order valence-electron chi connectivity index (χ3n) is 2.85. The molecule has 1 unspecified atom stereocenters. The lowest BCUT2D eigenvalue weighted by Crippen LogP contribution is -2.30. The van der Waals surface area contributed by atoms with E-state index in [-0.39, 0.29) is 0 Å². The van der Waals surface area contributed by atoms with Crippen LogP contribution in [0.25, 0.3) is 0 Å². The van der Waals surface area contributed by atoms with Crippen molar-refractivity contribution in [2.45, 2.75) is 58.5 Å². The average Bonchev–Trinajstić information content (AvgIpc) is 2.77. The molecule has 2 atom stereocenters. The van der Waals surface area contributed by atoms with Crippen LogP contribution in [0.3, 0.4) is 0 Å². The molecule has 1 aromatic heterocycles. The Morgan fingerprint density at radius 3 is 2.73 bits per heavy atom. The molecule has 0 saturated carbocycles. The molecule has 0 radical (unpaired) electrons. The van der Waals surface area contributed by atoms with Crippen molar-refractivity contribution in [3.05, 3.63) is 24.2 Å². The predicted octanol–water partition coefficient (Wildman–Crippen LogP) is 3.90. The molecule has 0 saturated heterocycles. The van der Waals surface area contributed by atoms with Gasteiger partial charge in [-0.25, -0.2) is 0 Å². The first-order chi connectivity index (χ1) is 7.27. The number of hydrogen-bond acceptors (Lipinski definition) is 2. The third-order valence-corrected chi connectivity index (χ3v) is 2.85. The van der Waals surface area contributed by atoms with Crippen LogP contribution >= 0.6 is 0 Å².